The molecular formula is C21H21F4NO3. The highest BCUT2D eigenvalue weighted by molar-refractivity contribution is 5.35. The van der Waals surface area contributed by atoms with Crippen LogP contribution in [0.15, 0.2) is 48.5 Å². The quantitative estimate of drug-likeness (QED) is 0.697. The first-order valence-corrected chi connectivity index (χ1v) is 9.35. The Bertz CT molecular complexity index is 800. The lowest BCUT2D eigenvalue weighted by Gasteiger charge is -2.35. The van der Waals surface area contributed by atoms with Crippen molar-refractivity contribution < 1.29 is 32.1 Å². The van der Waals surface area contributed by atoms with Crippen LogP contribution in [-0.4, -0.2) is 35.4 Å². The van der Waals surface area contributed by atoms with Crippen LogP contribution < -0.4 is 0 Å². The molecule has 8 heteroatoms. The number of alkyl halides is 4. The Labute approximate surface area is 165 Å². The summed E-state index contributed by atoms with van der Waals surface area (Å²) in [4.78, 5) is 1.73. The molecule has 0 unspecified atom stereocenters. The van der Waals surface area contributed by atoms with Crippen molar-refractivity contribution in [1.29, 1.82) is 0 Å². The molecule has 29 heavy (non-hydrogen) atoms. The van der Waals surface area contributed by atoms with Crippen LogP contribution in [0.1, 0.15) is 54.0 Å². The second-order valence-corrected chi connectivity index (χ2v) is 7.29. The standard InChI is InChI=1S/C21H21F4NO3/c22-17(23)13-5-1-3-7-15(13)19-26-20(16-8-4-2-6-14(16)18(24)25)29-12-21(26,9-10-27)11-28-19/h1-8,17-20,27H,9-12H2/t19-,20+,21-. The third-order valence-electron chi connectivity index (χ3n) is 5.64. The molecular weight excluding hydrogens is 390 g/mol. The first kappa shape index (κ1) is 20.3. The summed E-state index contributed by atoms with van der Waals surface area (Å²) in [5.74, 6) is 0. The monoisotopic (exact) mass is 411 g/mol. The molecule has 0 aliphatic carbocycles. The fraction of sp³-hybridized carbons (Fsp3) is 0.429. The Morgan fingerprint density at radius 1 is 0.862 bits per heavy atom. The van der Waals surface area contributed by atoms with Gasteiger partial charge >= 0.3 is 0 Å². The van der Waals surface area contributed by atoms with Crippen LogP contribution >= 0.6 is 0 Å². The van der Waals surface area contributed by atoms with E-state index in [0.717, 1.165) is 0 Å². The van der Waals surface area contributed by atoms with Crippen LogP contribution in [0.2, 0.25) is 0 Å². The van der Waals surface area contributed by atoms with E-state index in [1.54, 1.807) is 29.2 Å². The minimum atomic E-state index is -2.71. The molecule has 0 aromatic heterocycles. The Morgan fingerprint density at radius 3 is 1.72 bits per heavy atom. The molecule has 0 spiro atoms. The average molecular weight is 411 g/mol. The van der Waals surface area contributed by atoms with E-state index >= 15 is 0 Å². The lowest BCUT2D eigenvalue weighted by molar-refractivity contribution is -0.0649. The minimum Gasteiger partial charge on any atom is -0.396 e. The summed E-state index contributed by atoms with van der Waals surface area (Å²) >= 11 is 0. The van der Waals surface area contributed by atoms with Crippen LogP contribution in [0, 0.1) is 0 Å². The Balaban J connectivity index is 1.81. The largest absolute Gasteiger partial charge is 0.396 e. The van der Waals surface area contributed by atoms with Crippen LogP contribution in [0.4, 0.5) is 17.6 Å². The molecule has 1 N–H and O–H groups in total. The van der Waals surface area contributed by atoms with Crippen LogP contribution in [-0.2, 0) is 9.47 Å². The van der Waals surface area contributed by atoms with Crippen molar-refractivity contribution in [2.75, 3.05) is 19.8 Å². The maximum absolute atomic E-state index is 13.6. The van der Waals surface area contributed by atoms with E-state index in [2.05, 4.69) is 0 Å². The summed E-state index contributed by atoms with van der Waals surface area (Å²) in [6.45, 7) is 0.113. The number of aliphatic hydroxyl groups excluding tert-OH is 1. The van der Waals surface area contributed by atoms with Crippen molar-refractivity contribution in [3.8, 4) is 0 Å². The van der Waals surface area contributed by atoms with Gasteiger partial charge in [-0.15, -0.1) is 0 Å². The molecule has 2 saturated heterocycles. The number of hydrogen-bond acceptors (Lipinski definition) is 4. The Kier molecular flexibility index (Phi) is 5.61. The van der Waals surface area contributed by atoms with Gasteiger partial charge in [-0.05, 0) is 6.42 Å². The van der Waals surface area contributed by atoms with E-state index in [1.165, 1.54) is 24.3 Å². The molecule has 2 aliphatic rings. The van der Waals surface area contributed by atoms with Gasteiger partial charge in [-0.2, -0.15) is 0 Å². The summed E-state index contributed by atoms with van der Waals surface area (Å²) in [6, 6.07) is 12.1. The normalized spacial score (nSPS) is 27.1. The van der Waals surface area contributed by atoms with Crippen molar-refractivity contribution in [2.24, 2.45) is 0 Å². The van der Waals surface area contributed by atoms with E-state index in [9.17, 15) is 22.7 Å². The van der Waals surface area contributed by atoms with Crippen molar-refractivity contribution in [3.63, 3.8) is 0 Å². The minimum absolute atomic E-state index is 0.142. The molecule has 0 radical (unpaired) electrons. The van der Waals surface area contributed by atoms with E-state index in [1.807, 2.05) is 0 Å². The number of nitrogens with zero attached hydrogens (tertiary/aromatic N) is 1. The molecule has 0 bridgehead atoms. The molecule has 3 atom stereocenters. The predicted octanol–water partition coefficient (Wildman–Crippen LogP) is 4.74. The molecule has 2 aromatic carbocycles. The summed E-state index contributed by atoms with van der Waals surface area (Å²) in [5.41, 5.74) is -0.593. The number of halogens is 4. The second kappa shape index (κ2) is 8.02. The van der Waals surface area contributed by atoms with Crippen molar-refractivity contribution in [1.82, 2.24) is 4.90 Å². The molecule has 2 heterocycles. The number of benzene rings is 2. The van der Waals surface area contributed by atoms with Gasteiger partial charge in [0.25, 0.3) is 12.9 Å². The lowest BCUT2D eigenvalue weighted by Crippen LogP contribution is -2.45. The fourth-order valence-corrected chi connectivity index (χ4v) is 4.27. The molecule has 4 rings (SSSR count). The summed E-state index contributed by atoms with van der Waals surface area (Å²) in [5, 5.41) is 9.59. The third-order valence-corrected chi connectivity index (χ3v) is 5.64. The van der Waals surface area contributed by atoms with Gasteiger partial charge in [-0.3, -0.25) is 0 Å². The van der Waals surface area contributed by atoms with Gasteiger partial charge in [0.05, 0.1) is 18.8 Å². The average Bonchev–Trinajstić information content (AvgIpc) is 3.25. The fourth-order valence-electron chi connectivity index (χ4n) is 4.27. The van der Waals surface area contributed by atoms with Crippen molar-refractivity contribution >= 4 is 0 Å². The maximum atomic E-state index is 13.6. The molecule has 2 aliphatic heterocycles. The van der Waals surface area contributed by atoms with Gasteiger partial charge in [0.1, 0.15) is 12.5 Å². The van der Waals surface area contributed by atoms with Gasteiger partial charge in [0, 0.05) is 28.9 Å². The van der Waals surface area contributed by atoms with Crippen molar-refractivity contribution in [3.05, 3.63) is 70.8 Å². The van der Waals surface area contributed by atoms with Crippen molar-refractivity contribution in [2.45, 2.75) is 37.3 Å². The van der Waals surface area contributed by atoms with Gasteiger partial charge in [-0.25, -0.2) is 22.5 Å². The number of aliphatic hydroxyl groups is 1. The van der Waals surface area contributed by atoms with Gasteiger partial charge in [0.15, 0.2) is 0 Å². The van der Waals surface area contributed by atoms with Gasteiger partial charge < -0.3 is 14.6 Å². The summed E-state index contributed by atoms with van der Waals surface area (Å²) in [6.07, 6.45) is -6.95. The molecule has 0 saturated carbocycles. The first-order chi connectivity index (χ1) is 14.0. The van der Waals surface area contributed by atoms with Crippen LogP contribution in [0.3, 0.4) is 0 Å². The zero-order chi connectivity index (χ0) is 20.6. The van der Waals surface area contributed by atoms with E-state index in [4.69, 9.17) is 9.47 Å². The van der Waals surface area contributed by atoms with E-state index in [-0.39, 0.29) is 48.5 Å². The second-order valence-electron chi connectivity index (χ2n) is 7.29. The highest BCUT2D eigenvalue weighted by Crippen LogP contribution is 2.52. The Morgan fingerprint density at radius 2 is 1.31 bits per heavy atom. The van der Waals surface area contributed by atoms with Gasteiger partial charge in [0.2, 0.25) is 0 Å². The molecule has 2 aromatic rings. The predicted molar refractivity (Wildman–Crippen MR) is 96.5 cm³/mol. The smallest absolute Gasteiger partial charge is 0.264 e. The lowest BCUT2D eigenvalue weighted by atomic mass is 9.94. The molecule has 2 fully saturated rings. The SMILES string of the molecule is OCC[C@]12CO[C@H](c3ccccc3C(F)F)N1[C@H](c1ccccc1C(F)F)OC2. The zero-order valence-electron chi connectivity index (χ0n) is 15.5. The number of fused-ring (bicyclic) bond motifs is 1. The number of hydrogen-bond donors (Lipinski definition) is 1. The third kappa shape index (κ3) is 3.44. The highest BCUT2D eigenvalue weighted by atomic mass is 19.3. The Hall–Kier alpha value is -2.00. The molecule has 0 amide bonds. The van der Waals surface area contributed by atoms with E-state index in [0.29, 0.717) is 0 Å². The highest BCUT2D eigenvalue weighted by Gasteiger charge is 2.57. The summed E-state index contributed by atoms with van der Waals surface area (Å²) in [7, 11) is 0. The van der Waals surface area contributed by atoms with Crippen LogP contribution in [0.25, 0.3) is 0 Å². The summed E-state index contributed by atoms with van der Waals surface area (Å²) < 4.78 is 66.3. The first-order valence-electron chi connectivity index (χ1n) is 9.35. The number of ether oxygens (including phenoxy) is 2. The topological polar surface area (TPSA) is 41.9 Å². The molecule has 156 valence electrons. The molecule has 4 nitrogen and oxygen atoms in total. The zero-order valence-corrected chi connectivity index (χ0v) is 15.5. The number of rotatable bonds is 6. The van der Waals surface area contributed by atoms with Crippen LogP contribution in [0.5, 0.6) is 0 Å². The van der Waals surface area contributed by atoms with Gasteiger partial charge in [-0.1, -0.05) is 48.5 Å². The van der Waals surface area contributed by atoms with E-state index < -0.39 is 30.8 Å². The maximum Gasteiger partial charge on any atom is 0.264 e.